The molecule has 1 unspecified atom stereocenters. The third-order valence-corrected chi connectivity index (χ3v) is 6.70. The number of nitrogens with zero attached hydrogens (tertiary/aromatic N) is 1. The third kappa shape index (κ3) is 7.03. The molecule has 3 rings (SSSR count). The molecular formula is C26H32Cl2N2O4. The highest BCUT2D eigenvalue weighted by atomic mass is 35.5. The average molecular weight is 507 g/mol. The lowest BCUT2D eigenvalue weighted by atomic mass is 9.95. The van der Waals surface area contributed by atoms with Crippen LogP contribution in [0, 0.1) is 0 Å². The van der Waals surface area contributed by atoms with E-state index in [0.717, 1.165) is 25.7 Å². The Morgan fingerprint density at radius 1 is 1.09 bits per heavy atom. The third-order valence-electron chi connectivity index (χ3n) is 6.11. The minimum atomic E-state index is -0.651. The molecule has 0 bridgehead atoms. The standard InChI is InChI=1S/C26H32Cl2N2O4/c1-3-22(26(32)29-20-9-5-4-6-10-20)30(16-18-13-14-19(27)15-21(18)28)25(31)17-34-24-12-8-7-11-23(24)33-2/h7-8,11-15,20,22H,3-6,9-10,16-17H2,1-2H3,(H,29,32). The molecule has 1 atom stereocenters. The van der Waals surface area contributed by atoms with Gasteiger partial charge in [0.2, 0.25) is 5.91 Å². The van der Waals surface area contributed by atoms with Crippen molar-refractivity contribution in [2.45, 2.75) is 64.1 Å². The van der Waals surface area contributed by atoms with E-state index in [-0.39, 0.29) is 31.0 Å². The molecule has 184 valence electrons. The SMILES string of the molecule is CCC(C(=O)NC1CCCCC1)N(Cc1ccc(Cl)cc1Cl)C(=O)COc1ccccc1OC. The van der Waals surface area contributed by atoms with E-state index < -0.39 is 6.04 Å². The maximum absolute atomic E-state index is 13.4. The molecule has 0 aliphatic heterocycles. The fourth-order valence-electron chi connectivity index (χ4n) is 4.26. The van der Waals surface area contributed by atoms with Crippen molar-refractivity contribution in [2.75, 3.05) is 13.7 Å². The summed E-state index contributed by atoms with van der Waals surface area (Å²) < 4.78 is 11.1. The number of ether oxygens (including phenoxy) is 2. The fourth-order valence-corrected chi connectivity index (χ4v) is 4.73. The van der Waals surface area contributed by atoms with Gasteiger partial charge < -0.3 is 19.7 Å². The summed E-state index contributed by atoms with van der Waals surface area (Å²) >= 11 is 12.5. The first-order valence-electron chi connectivity index (χ1n) is 11.7. The number of hydrogen-bond donors (Lipinski definition) is 1. The quantitative estimate of drug-likeness (QED) is 0.452. The Hall–Kier alpha value is -2.44. The topological polar surface area (TPSA) is 67.9 Å². The molecule has 1 saturated carbocycles. The van der Waals surface area contributed by atoms with Crippen molar-refractivity contribution in [3.63, 3.8) is 0 Å². The normalized spacial score (nSPS) is 14.8. The van der Waals surface area contributed by atoms with Gasteiger partial charge in [0, 0.05) is 22.6 Å². The summed E-state index contributed by atoms with van der Waals surface area (Å²) in [6.45, 7) is 1.83. The van der Waals surface area contributed by atoms with Crippen LogP contribution in [0.3, 0.4) is 0 Å². The molecule has 0 aromatic heterocycles. The van der Waals surface area contributed by atoms with Gasteiger partial charge >= 0.3 is 0 Å². The van der Waals surface area contributed by atoms with Crippen LogP contribution in [0.4, 0.5) is 0 Å². The monoisotopic (exact) mass is 506 g/mol. The average Bonchev–Trinajstić information content (AvgIpc) is 2.84. The van der Waals surface area contributed by atoms with E-state index in [1.807, 2.05) is 13.0 Å². The predicted octanol–water partition coefficient (Wildman–Crippen LogP) is 5.64. The van der Waals surface area contributed by atoms with Gasteiger partial charge in [-0.1, -0.05) is 67.6 Å². The largest absolute Gasteiger partial charge is 0.493 e. The molecule has 0 spiro atoms. The van der Waals surface area contributed by atoms with E-state index in [1.54, 1.807) is 48.4 Å². The smallest absolute Gasteiger partial charge is 0.261 e. The molecule has 0 heterocycles. The zero-order chi connectivity index (χ0) is 24.5. The highest BCUT2D eigenvalue weighted by Crippen LogP contribution is 2.27. The van der Waals surface area contributed by atoms with Gasteiger partial charge in [-0.3, -0.25) is 9.59 Å². The van der Waals surface area contributed by atoms with Gasteiger partial charge in [-0.2, -0.15) is 0 Å². The highest BCUT2D eigenvalue weighted by Gasteiger charge is 2.31. The maximum Gasteiger partial charge on any atom is 0.261 e. The number of rotatable bonds is 10. The summed E-state index contributed by atoms with van der Waals surface area (Å²) in [5.41, 5.74) is 0.709. The first-order chi connectivity index (χ1) is 16.4. The Bertz CT molecular complexity index is 979. The minimum Gasteiger partial charge on any atom is -0.493 e. The Morgan fingerprint density at radius 3 is 2.44 bits per heavy atom. The molecule has 1 aliphatic carbocycles. The predicted molar refractivity (Wildman–Crippen MR) is 135 cm³/mol. The van der Waals surface area contributed by atoms with Gasteiger partial charge in [0.1, 0.15) is 6.04 Å². The van der Waals surface area contributed by atoms with Crippen molar-refractivity contribution in [1.82, 2.24) is 10.2 Å². The summed E-state index contributed by atoms with van der Waals surface area (Å²) in [6, 6.07) is 11.8. The van der Waals surface area contributed by atoms with Crippen molar-refractivity contribution < 1.29 is 19.1 Å². The molecular weight excluding hydrogens is 475 g/mol. The fraction of sp³-hybridized carbons (Fsp3) is 0.462. The summed E-state index contributed by atoms with van der Waals surface area (Å²) in [4.78, 5) is 28.2. The van der Waals surface area contributed by atoms with Crippen LogP contribution in [0.2, 0.25) is 10.0 Å². The number of benzene rings is 2. The molecule has 0 saturated heterocycles. The molecule has 34 heavy (non-hydrogen) atoms. The van der Waals surface area contributed by atoms with Gasteiger partial charge in [-0.15, -0.1) is 0 Å². The summed E-state index contributed by atoms with van der Waals surface area (Å²) in [5, 5.41) is 4.11. The van der Waals surface area contributed by atoms with Crippen LogP contribution in [0.1, 0.15) is 51.0 Å². The molecule has 0 radical (unpaired) electrons. The zero-order valence-corrected chi connectivity index (χ0v) is 21.2. The summed E-state index contributed by atoms with van der Waals surface area (Å²) in [5.74, 6) is 0.528. The van der Waals surface area contributed by atoms with Crippen LogP contribution in [0.15, 0.2) is 42.5 Å². The first-order valence-corrected chi connectivity index (χ1v) is 12.5. The second-order valence-electron chi connectivity index (χ2n) is 8.46. The van der Waals surface area contributed by atoms with E-state index in [9.17, 15) is 9.59 Å². The van der Waals surface area contributed by atoms with Crippen molar-refractivity contribution in [2.24, 2.45) is 0 Å². The first kappa shape index (κ1) is 26.2. The number of carbonyl (C=O) groups excluding carboxylic acids is 2. The van der Waals surface area contributed by atoms with Crippen molar-refractivity contribution in [3.05, 3.63) is 58.1 Å². The number of nitrogens with one attached hydrogen (secondary N) is 1. The lowest BCUT2D eigenvalue weighted by Crippen LogP contribution is -2.52. The number of methoxy groups -OCH3 is 1. The Labute approximate surface area is 211 Å². The molecule has 1 aliphatic rings. The molecule has 2 amide bonds. The number of amides is 2. The molecule has 1 N–H and O–H groups in total. The summed E-state index contributed by atoms with van der Waals surface area (Å²) in [7, 11) is 1.54. The molecule has 6 nitrogen and oxygen atoms in total. The van der Waals surface area contributed by atoms with E-state index in [1.165, 1.54) is 6.42 Å². The van der Waals surface area contributed by atoms with Crippen molar-refractivity contribution >= 4 is 35.0 Å². The van der Waals surface area contributed by atoms with E-state index in [0.29, 0.717) is 33.5 Å². The lowest BCUT2D eigenvalue weighted by Gasteiger charge is -2.33. The highest BCUT2D eigenvalue weighted by molar-refractivity contribution is 6.35. The van der Waals surface area contributed by atoms with Gasteiger partial charge in [0.05, 0.1) is 7.11 Å². The van der Waals surface area contributed by atoms with Crippen molar-refractivity contribution in [3.8, 4) is 11.5 Å². The van der Waals surface area contributed by atoms with Crippen molar-refractivity contribution in [1.29, 1.82) is 0 Å². The minimum absolute atomic E-state index is 0.148. The van der Waals surface area contributed by atoms with Crippen LogP contribution >= 0.6 is 23.2 Å². The number of hydrogen-bond acceptors (Lipinski definition) is 4. The molecule has 2 aromatic carbocycles. The van der Waals surface area contributed by atoms with E-state index in [4.69, 9.17) is 32.7 Å². The Balaban J connectivity index is 1.80. The number of carbonyl (C=O) groups is 2. The lowest BCUT2D eigenvalue weighted by molar-refractivity contribution is -0.143. The molecule has 2 aromatic rings. The molecule has 8 heteroatoms. The number of halogens is 2. The van der Waals surface area contributed by atoms with Crippen LogP contribution in [0.25, 0.3) is 0 Å². The second kappa shape index (κ2) is 12.9. The van der Waals surface area contributed by atoms with E-state index >= 15 is 0 Å². The second-order valence-corrected chi connectivity index (χ2v) is 9.31. The van der Waals surface area contributed by atoms with E-state index in [2.05, 4.69) is 5.32 Å². The van der Waals surface area contributed by atoms with Crippen LogP contribution in [-0.4, -0.2) is 42.5 Å². The molecule has 1 fully saturated rings. The maximum atomic E-state index is 13.4. The van der Waals surface area contributed by atoms with Gasteiger partial charge in [-0.05, 0) is 49.1 Å². The van der Waals surface area contributed by atoms with Crippen LogP contribution in [-0.2, 0) is 16.1 Å². The van der Waals surface area contributed by atoms with Gasteiger partial charge in [0.15, 0.2) is 18.1 Å². The Morgan fingerprint density at radius 2 is 1.79 bits per heavy atom. The zero-order valence-electron chi connectivity index (χ0n) is 19.7. The number of para-hydroxylation sites is 2. The Kier molecular flexibility index (Phi) is 9.90. The van der Waals surface area contributed by atoms with Gasteiger partial charge in [0.25, 0.3) is 5.91 Å². The van der Waals surface area contributed by atoms with Crippen LogP contribution in [0.5, 0.6) is 11.5 Å². The summed E-state index contributed by atoms with van der Waals surface area (Å²) in [6.07, 6.45) is 5.81. The van der Waals surface area contributed by atoms with Crippen LogP contribution < -0.4 is 14.8 Å². The van der Waals surface area contributed by atoms with Gasteiger partial charge in [-0.25, -0.2) is 0 Å².